The van der Waals surface area contributed by atoms with Gasteiger partial charge >= 0.3 is 0 Å². The number of likely N-dealkylation sites (N-methyl/N-ethyl adjacent to an activating group) is 1. The highest BCUT2D eigenvalue weighted by Crippen LogP contribution is 2.33. The van der Waals surface area contributed by atoms with Crippen LogP contribution < -0.4 is 10.6 Å². The average molecular weight is 533 g/mol. The van der Waals surface area contributed by atoms with Crippen molar-refractivity contribution < 1.29 is 9.47 Å². The molecule has 1 aromatic rings. The zero-order valence-electron chi connectivity index (χ0n) is 19.2. The van der Waals surface area contributed by atoms with Crippen molar-refractivity contribution in [3.8, 4) is 0 Å². The Morgan fingerprint density at radius 3 is 2.70 bits per heavy atom. The molecule has 1 aromatic carbocycles. The minimum atomic E-state index is 0. The van der Waals surface area contributed by atoms with E-state index in [0.29, 0.717) is 5.92 Å². The molecule has 2 rings (SSSR count). The Kier molecular flexibility index (Phi) is 14.3. The lowest BCUT2D eigenvalue weighted by Gasteiger charge is -2.31. The van der Waals surface area contributed by atoms with Crippen molar-refractivity contribution in [1.29, 1.82) is 0 Å². The van der Waals surface area contributed by atoms with E-state index in [-0.39, 0.29) is 30.1 Å². The van der Waals surface area contributed by atoms with Crippen LogP contribution in [-0.2, 0) is 9.47 Å². The van der Waals surface area contributed by atoms with Gasteiger partial charge in [-0.1, -0.05) is 29.8 Å². The Balaban J connectivity index is 0.00000450. The summed E-state index contributed by atoms with van der Waals surface area (Å²) in [5, 5.41) is 6.84. The summed E-state index contributed by atoms with van der Waals surface area (Å²) in [5.41, 5.74) is 2.55. The quantitative estimate of drug-likeness (QED) is 0.198. The first kappa shape index (κ1) is 27.1. The summed E-state index contributed by atoms with van der Waals surface area (Å²) in [6.07, 6.45) is 3.47. The van der Waals surface area contributed by atoms with Crippen molar-refractivity contribution in [2.75, 3.05) is 60.1 Å². The van der Waals surface area contributed by atoms with E-state index in [1.807, 2.05) is 0 Å². The summed E-state index contributed by atoms with van der Waals surface area (Å²) < 4.78 is 11.3. The Morgan fingerprint density at radius 1 is 1.23 bits per heavy atom. The van der Waals surface area contributed by atoms with Crippen LogP contribution in [0.1, 0.15) is 43.4 Å². The molecule has 1 fully saturated rings. The van der Waals surface area contributed by atoms with Crippen molar-refractivity contribution >= 4 is 29.9 Å². The van der Waals surface area contributed by atoms with Gasteiger partial charge in [-0.05, 0) is 45.7 Å². The Morgan fingerprint density at radius 2 is 2.00 bits per heavy atom. The number of hydrogen-bond acceptors (Lipinski definition) is 4. The van der Waals surface area contributed by atoms with Gasteiger partial charge in [0.2, 0.25) is 0 Å². The number of rotatable bonds is 11. The van der Waals surface area contributed by atoms with E-state index < -0.39 is 0 Å². The number of ether oxygens (including phenoxy) is 2. The van der Waals surface area contributed by atoms with E-state index in [2.05, 4.69) is 60.7 Å². The normalized spacial score (nSPS) is 19.4. The summed E-state index contributed by atoms with van der Waals surface area (Å²) in [5.74, 6) is 1.31. The van der Waals surface area contributed by atoms with Gasteiger partial charge in [0.15, 0.2) is 5.96 Å². The van der Waals surface area contributed by atoms with E-state index in [9.17, 15) is 0 Å². The number of nitrogens with zero attached hydrogens (tertiary/aromatic N) is 2. The molecule has 1 aliphatic rings. The number of methoxy groups -OCH3 is 1. The van der Waals surface area contributed by atoms with Crippen molar-refractivity contribution in [2.45, 2.75) is 39.2 Å². The van der Waals surface area contributed by atoms with Crippen LogP contribution in [0.2, 0.25) is 0 Å². The predicted molar refractivity (Wildman–Crippen MR) is 136 cm³/mol. The fraction of sp³-hybridized carbons (Fsp3) is 0.696. The third kappa shape index (κ3) is 9.94. The molecule has 1 saturated heterocycles. The molecule has 2 N–H and O–H groups in total. The van der Waals surface area contributed by atoms with Crippen LogP contribution >= 0.6 is 24.0 Å². The molecule has 7 heteroatoms. The second-order valence-corrected chi connectivity index (χ2v) is 7.90. The van der Waals surface area contributed by atoms with Crippen molar-refractivity contribution in [3.05, 3.63) is 35.4 Å². The van der Waals surface area contributed by atoms with E-state index in [4.69, 9.17) is 14.5 Å². The highest BCUT2D eigenvalue weighted by atomic mass is 127. The topological polar surface area (TPSA) is 58.1 Å². The molecule has 2 atom stereocenters. The van der Waals surface area contributed by atoms with Gasteiger partial charge in [0.05, 0.1) is 6.10 Å². The van der Waals surface area contributed by atoms with Crippen LogP contribution in [0.25, 0.3) is 0 Å². The molecule has 0 aromatic heterocycles. The van der Waals surface area contributed by atoms with Crippen molar-refractivity contribution in [2.24, 2.45) is 10.9 Å². The lowest BCUT2D eigenvalue weighted by Crippen LogP contribution is -2.41. The Hall–Kier alpha value is -0.900. The first-order valence-corrected chi connectivity index (χ1v) is 11.0. The number of hydrogen-bond donors (Lipinski definition) is 2. The molecule has 0 radical (unpaired) electrons. The minimum Gasteiger partial charge on any atom is -0.385 e. The fourth-order valence-corrected chi connectivity index (χ4v) is 3.66. The number of aryl methyl sites for hydroxylation is 1. The van der Waals surface area contributed by atoms with Crippen LogP contribution in [0.4, 0.5) is 0 Å². The third-order valence-corrected chi connectivity index (χ3v) is 5.35. The van der Waals surface area contributed by atoms with E-state index in [1.54, 1.807) is 7.11 Å². The van der Waals surface area contributed by atoms with Crippen LogP contribution in [0.15, 0.2) is 29.3 Å². The van der Waals surface area contributed by atoms with Gasteiger partial charge in [-0.15, -0.1) is 24.0 Å². The molecule has 172 valence electrons. The summed E-state index contributed by atoms with van der Waals surface area (Å²) in [7, 11) is 3.90. The van der Waals surface area contributed by atoms with Crippen LogP contribution in [0.3, 0.4) is 0 Å². The largest absolute Gasteiger partial charge is 0.385 e. The fourth-order valence-electron chi connectivity index (χ4n) is 3.66. The number of halogens is 1. The molecule has 0 amide bonds. The van der Waals surface area contributed by atoms with Crippen LogP contribution in [0, 0.1) is 12.8 Å². The maximum atomic E-state index is 6.14. The molecule has 0 aliphatic carbocycles. The molecule has 2 unspecified atom stereocenters. The molecule has 1 heterocycles. The maximum absolute atomic E-state index is 6.14. The number of aliphatic imine (C=N–C) groups is 1. The predicted octanol–water partition coefficient (Wildman–Crippen LogP) is 3.60. The van der Waals surface area contributed by atoms with Gasteiger partial charge in [-0.2, -0.15) is 0 Å². The van der Waals surface area contributed by atoms with E-state index in [1.165, 1.54) is 11.1 Å². The lowest BCUT2D eigenvalue weighted by atomic mass is 9.89. The van der Waals surface area contributed by atoms with E-state index in [0.717, 1.165) is 71.2 Å². The zero-order chi connectivity index (χ0) is 20.9. The summed E-state index contributed by atoms with van der Waals surface area (Å²) in [6.45, 7) is 10.4. The summed E-state index contributed by atoms with van der Waals surface area (Å²) in [6, 6.07) is 8.74. The molecule has 1 aliphatic heterocycles. The minimum absolute atomic E-state index is 0. The lowest BCUT2D eigenvalue weighted by molar-refractivity contribution is -0.0250. The molecule has 6 nitrogen and oxygen atoms in total. The Labute approximate surface area is 200 Å². The monoisotopic (exact) mass is 532 g/mol. The van der Waals surface area contributed by atoms with Gasteiger partial charge in [-0.3, -0.25) is 4.99 Å². The Bertz CT molecular complexity index is 597. The SMILES string of the molecule is CCNC(=NCC1CCCOC1c1ccc(C)cc1)NCCN(C)CCCOC.I. The number of guanidine groups is 1. The number of benzene rings is 1. The second kappa shape index (κ2) is 15.8. The molecule has 0 spiro atoms. The van der Waals surface area contributed by atoms with Gasteiger partial charge < -0.3 is 25.0 Å². The van der Waals surface area contributed by atoms with E-state index >= 15 is 0 Å². The van der Waals surface area contributed by atoms with Crippen LogP contribution in [0.5, 0.6) is 0 Å². The standard InChI is InChI=1S/C23H40N4O2.HI/c1-5-24-23(25-13-15-27(3)14-7-16-28-4)26-18-21-8-6-17-29-22(21)20-11-9-19(2)10-12-20;/h9-12,21-22H,5-8,13-18H2,1-4H3,(H2,24,25,26);1H. The van der Waals surface area contributed by atoms with Crippen molar-refractivity contribution in [3.63, 3.8) is 0 Å². The first-order chi connectivity index (χ1) is 14.1. The van der Waals surface area contributed by atoms with Crippen LogP contribution in [-0.4, -0.2) is 71.0 Å². The van der Waals surface area contributed by atoms with Gasteiger partial charge in [0.25, 0.3) is 0 Å². The smallest absolute Gasteiger partial charge is 0.191 e. The zero-order valence-corrected chi connectivity index (χ0v) is 21.5. The average Bonchev–Trinajstić information content (AvgIpc) is 2.73. The summed E-state index contributed by atoms with van der Waals surface area (Å²) in [4.78, 5) is 7.20. The highest BCUT2D eigenvalue weighted by molar-refractivity contribution is 14.0. The first-order valence-electron chi connectivity index (χ1n) is 11.0. The number of nitrogens with one attached hydrogen (secondary N) is 2. The molecule has 0 bridgehead atoms. The summed E-state index contributed by atoms with van der Waals surface area (Å²) >= 11 is 0. The molecular formula is C23H41IN4O2. The molecule has 0 saturated carbocycles. The maximum Gasteiger partial charge on any atom is 0.191 e. The van der Waals surface area contributed by atoms with Gasteiger partial charge in [-0.25, -0.2) is 0 Å². The molecular weight excluding hydrogens is 491 g/mol. The van der Waals surface area contributed by atoms with Crippen molar-refractivity contribution in [1.82, 2.24) is 15.5 Å². The van der Waals surface area contributed by atoms with Gasteiger partial charge in [0, 0.05) is 59.0 Å². The third-order valence-electron chi connectivity index (χ3n) is 5.35. The second-order valence-electron chi connectivity index (χ2n) is 7.90. The molecule has 30 heavy (non-hydrogen) atoms. The highest BCUT2D eigenvalue weighted by Gasteiger charge is 2.27. The van der Waals surface area contributed by atoms with Gasteiger partial charge in [0.1, 0.15) is 0 Å².